The molecule has 1 saturated carbocycles. The van der Waals surface area contributed by atoms with Gasteiger partial charge in [0.05, 0.1) is 6.10 Å². The quantitative estimate of drug-likeness (QED) is 0.358. The summed E-state index contributed by atoms with van der Waals surface area (Å²) in [6.07, 6.45) is 10.6. The first-order chi connectivity index (χ1) is 12.6. The molecule has 0 bridgehead atoms. The first kappa shape index (κ1) is 19.8. The molecule has 3 rings (SSSR count). The first-order valence-corrected chi connectivity index (χ1v) is 10.4. The van der Waals surface area contributed by atoms with Crippen LogP contribution >= 0.6 is 0 Å². The number of hydrogen-bond acceptors (Lipinski definition) is 4. The van der Waals surface area contributed by atoms with Gasteiger partial charge < -0.3 is 14.2 Å². The maximum atomic E-state index is 14.3. The fourth-order valence-electron chi connectivity index (χ4n) is 4.58. The lowest BCUT2D eigenvalue weighted by atomic mass is 9.87. The smallest absolute Gasteiger partial charge is 0.341 e. The second-order valence-electron chi connectivity index (χ2n) is 8.10. The van der Waals surface area contributed by atoms with Gasteiger partial charge in [0.2, 0.25) is 6.17 Å². The molecule has 0 spiro atoms. The highest BCUT2D eigenvalue weighted by molar-refractivity contribution is 5.77. The summed E-state index contributed by atoms with van der Waals surface area (Å²) in [6, 6.07) is 0. The molecule has 0 aromatic heterocycles. The van der Waals surface area contributed by atoms with E-state index in [2.05, 4.69) is 26.0 Å². The van der Waals surface area contributed by atoms with Gasteiger partial charge in [0, 0.05) is 12.5 Å². The molecule has 0 N–H and O–H groups in total. The minimum atomic E-state index is -1.49. The van der Waals surface area contributed by atoms with Crippen molar-refractivity contribution in [3.63, 3.8) is 0 Å². The number of hydrogen-bond donors (Lipinski definition) is 0. The average Bonchev–Trinajstić information content (AvgIpc) is 3.08. The van der Waals surface area contributed by atoms with Crippen LogP contribution in [0, 0.1) is 17.8 Å². The van der Waals surface area contributed by atoms with Crippen LogP contribution in [0.2, 0.25) is 0 Å². The van der Waals surface area contributed by atoms with E-state index >= 15 is 0 Å². The zero-order chi connectivity index (χ0) is 18.5. The molecule has 3 aliphatic rings. The van der Waals surface area contributed by atoms with Crippen molar-refractivity contribution >= 4 is 5.97 Å². The Morgan fingerprint density at radius 2 is 2.19 bits per heavy atom. The average molecular weight is 368 g/mol. The van der Waals surface area contributed by atoms with Crippen molar-refractivity contribution in [1.29, 1.82) is 0 Å². The molecule has 4 nitrogen and oxygen atoms in total. The molecule has 2 heterocycles. The van der Waals surface area contributed by atoms with Crippen molar-refractivity contribution in [2.75, 3.05) is 6.61 Å². The summed E-state index contributed by atoms with van der Waals surface area (Å²) in [5, 5.41) is 0. The van der Waals surface area contributed by atoms with Crippen LogP contribution in [-0.4, -0.2) is 37.2 Å². The number of unbranched alkanes of at least 4 members (excludes halogenated alkanes) is 2. The predicted octanol–water partition coefficient (Wildman–Crippen LogP) is 4.57. The SMILES string of the molecule is CCCCCC(/C=C/[C@H]1[C@@H]2[C@H](F)C(=O)O[C@@H]2C[C@@H]1C)OC1CCCCO1. The number of rotatable bonds is 8. The van der Waals surface area contributed by atoms with Gasteiger partial charge in [-0.05, 0) is 43.9 Å². The maximum absolute atomic E-state index is 14.3. The van der Waals surface area contributed by atoms with Gasteiger partial charge in [-0.1, -0.05) is 45.3 Å². The van der Waals surface area contributed by atoms with Crippen LogP contribution in [0.1, 0.15) is 65.2 Å². The Hall–Kier alpha value is -0.940. The van der Waals surface area contributed by atoms with E-state index in [0.717, 1.165) is 45.1 Å². The number of alkyl halides is 1. The summed E-state index contributed by atoms with van der Waals surface area (Å²) < 4.78 is 31.4. The third-order valence-corrected chi connectivity index (χ3v) is 6.07. The zero-order valence-electron chi connectivity index (χ0n) is 16.1. The van der Waals surface area contributed by atoms with Gasteiger partial charge in [0.15, 0.2) is 6.29 Å². The summed E-state index contributed by atoms with van der Waals surface area (Å²) in [5.41, 5.74) is 0. The van der Waals surface area contributed by atoms with Gasteiger partial charge in [0.25, 0.3) is 0 Å². The lowest BCUT2D eigenvalue weighted by molar-refractivity contribution is -0.179. The van der Waals surface area contributed by atoms with E-state index in [1.807, 2.05) is 0 Å². The number of allylic oxidation sites excluding steroid dienone is 1. The number of carbonyl (C=O) groups is 1. The van der Waals surface area contributed by atoms with Crippen LogP contribution in [0.3, 0.4) is 0 Å². The van der Waals surface area contributed by atoms with Crippen molar-refractivity contribution in [3.8, 4) is 0 Å². The normalized spacial score (nSPS) is 38.5. The van der Waals surface area contributed by atoms with Crippen LogP contribution in [0.5, 0.6) is 0 Å². The Labute approximate surface area is 156 Å². The van der Waals surface area contributed by atoms with Gasteiger partial charge in [-0.15, -0.1) is 0 Å². The van der Waals surface area contributed by atoms with Gasteiger partial charge in [0.1, 0.15) is 6.10 Å². The molecule has 7 atom stereocenters. The van der Waals surface area contributed by atoms with E-state index in [-0.39, 0.29) is 30.3 Å². The van der Waals surface area contributed by atoms with E-state index in [9.17, 15) is 9.18 Å². The van der Waals surface area contributed by atoms with Crippen LogP contribution in [0.4, 0.5) is 4.39 Å². The second kappa shape index (κ2) is 9.32. The Balaban J connectivity index is 1.62. The number of esters is 1. The minimum Gasteiger partial charge on any atom is -0.460 e. The molecule has 2 unspecified atom stereocenters. The summed E-state index contributed by atoms with van der Waals surface area (Å²) in [6.45, 7) is 5.07. The molecule has 148 valence electrons. The highest BCUT2D eigenvalue weighted by atomic mass is 19.1. The topological polar surface area (TPSA) is 44.8 Å². The van der Waals surface area contributed by atoms with Crippen LogP contribution < -0.4 is 0 Å². The fraction of sp³-hybridized carbons (Fsp3) is 0.857. The molecule has 0 aromatic carbocycles. The summed E-state index contributed by atoms with van der Waals surface area (Å²) in [5.74, 6) is -0.673. The molecule has 2 saturated heterocycles. The van der Waals surface area contributed by atoms with E-state index in [1.165, 1.54) is 12.8 Å². The number of fused-ring (bicyclic) bond motifs is 1. The van der Waals surface area contributed by atoms with Crippen molar-refractivity contribution in [3.05, 3.63) is 12.2 Å². The second-order valence-corrected chi connectivity index (χ2v) is 8.10. The van der Waals surface area contributed by atoms with E-state index < -0.39 is 12.1 Å². The summed E-state index contributed by atoms with van der Waals surface area (Å²) in [7, 11) is 0. The highest BCUT2D eigenvalue weighted by Crippen LogP contribution is 2.46. The molecular formula is C21H33FO4. The van der Waals surface area contributed by atoms with Crippen LogP contribution in [0.25, 0.3) is 0 Å². The lowest BCUT2D eigenvalue weighted by Crippen LogP contribution is -2.28. The molecule has 1 aliphatic carbocycles. The molecule has 0 radical (unpaired) electrons. The van der Waals surface area contributed by atoms with Crippen molar-refractivity contribution in [2.45, 2.75) is 89.9 Å². The highest BCUT2D eigenvalue weighted by Gasteiger charge is 2.54. The van der Waals surface area contributed by atoms with E-state index in [1.54, 1.807) is 0 Å². The molecule has 3 fully saturated rings. The Bertz CT molecular complexity index is 488. The van der Waals surface area contributed by atoms with Gasteiger partial charge >= 0.3 is 5.97 Å². The van der Waals surface area contributed by atoms with E-state index in [4.69, 9.17) is 14.2 Å². The Morgan fingerprint density at radius 3 is 2.92 bits per heavy atom. The van der Waals surface area contributed by atoms with Gasteiger partial charge in [-0.25, -0.2) is 9.18 Å². The zero-order valence-corrected chi connectivity index (χ0v) is 16.1. The molecule has 0 aromatic rings. The molecule has 5 heteroatoms. The molecule has 26 heavy (non-hydrogen) atoms. The largest absolute Gasteiger partial charge is 0.460 e. The Kier molecular flexibility index (Phi) is 7.10. The Morgan fingerprint density at radius 1 is 1.35 bits per heavy atom. The van der Waals surface area contributed by atoms with Crippen molar-refractivity contribution < 1.29 is 23.4 Å². The minimum absolute atomic E-state index is 0.00742. The lowest BCUT2D eigenvalue weighted by Gasteiger charge is -2.27. The number of halogens is 1. The van der Waals surface area contributed by atoms with Crippen LogP contribution in [0.15, 0.2) is 12.2 Å². The number of carbonyl (C=O) groups excluding carboxylic acids is 1. The third kappa shape index (κ3) is 4.66. The predicted molar refractivity (Wildman–Crippen MR) is 97.3 cm³/mol. The standard InChI is InChI=1S/C21H33FO4/c1-3-4-5-8-15(25-18-9-6-7-12-24-18)10-11-16-14(2)13-17-19(16)20(22)21(23)26-17/h10-11,14-20H,3-9,12-13H2,1-2H3/b11-10+/t14-,15?,16+,17+,18?,19-,20-/m0/s1. The van der Waals surface area contributed by atoms with E-state index in [0.29, 0.717) is 5.92 Å². The fourth-order valence-corrected chi connectivity index (χ4v) is 4.58. The third-order valence-electron chi connectivity index (χ3n) is 6.07. The monoisotopic (exact) mass is 368 g/mol. The molecular weight excluding hydrogens is 335 g/mol. The van der Waals surface area contributed by atoms with Gasteiger partial charge in [-0.2, -0.15) is 0 Å². The van der Waals surface area contributed by atoms with Crippen molar-refractivity contribution in [1.82, 2.24) is 0 Å². The molecule has 0 amide bonds. The summed E-state index contributed by atoms with van der Waals surface area (Å²) in [4.78, 5) is 11.6. The maximum Gasteiger partial charge on any atom is 0.341 e. The van der Waals surface area contributed by atoms with Crippen LogP contribution in [-0.2, 0) is 19.0 Å². The van der Waals surface area contributed by atoms with Gasteiger partial charge in [-0.3, -0.25) is 0 Å². The first-order valence-electron chi connectivity index (χ1n) is 10.4. The number of ether oxygens (including phenoxy) is 3. The summed E-state index contributed by atoms with van der Waals surface area (Å²) >= 11 is 0. The molecule has 2 aliphatic heterocycles. The van der Waals surface area contributed by atoms with Crippen molar-refractivity contribution in [2.24, 2.45) is 17.8 Å².